The third-order valence-electron chi connectivity index (χ3n) is 6.45. The van der Waals surface area contributed by atoms with Gasteiger partial charge in [0.1, 0.15) is 17.3 Å². The van der Waals surface area contributed by atoms with Gasteiger partial charge in [0.2, 0.25) is 0 Å². The first-order valence-corrected chi connectivity index (χ1v) is 12.9. The fourth-order valence-corrected chi connectivity index (χ4v) is 9.78. The highest BCUT2D eigenvalue weighted by Crippen LogP contribution is 2.48. The van der Waals surface area contributed by atoms with Gasteiger partial charge in [-0.3, -0.25) is 0 Å². The van der Waals surface area contributed by atoms with Crippen LogP contribution in [0.15, 0.2) is 72.8 Å². The van der Waals surface area contributed by atoms with Crippen molar-refractivity contribution in [1.82, 2.24) is 0 Å². The Labute approximate surface area is 187 Å². The molecule has 5 heteroatoms. The van der Waals surface area contributed by atoms with E-state index in [0.717, 1.165) is 0 Å². The maximum atomic E-state index is 10.9. The van der Waals surface area contributed by atoms with Gasteiger partial charge in [-0.25, -0.2) is 0 Å². The topological polar surface area (TPSA) is 47.9 Å². The molecular weight excluding hydrogens is 404 g/mol. The predicted octanol–water partition coefficient (Wildman–Crippen LogP) is 3.77. The highest BCUT2D eigenvalue weighted by Gasteiger charge is 2.63. The average Bonchev–Trinajstić information content (AvgIpc) is 3.11. The van der Waals surface area contributed by atoms with Crippen molar-refractivity contribution in [2.45, 2.75) is 69.7 Å². The van der Waals surface area contributed by atoms with Crippen LogP contribution >= 0.6 is 0 Å². The lowest BCUT2D eigenvalue weighted by molar-refractivity contribution is -0.169. The number of hydrogen-bond donors (Lipinski definition) is 1. The van der Waals surface area contributed by atoms with E-state index >= 15 is 0 Å². The standard InChI is InChI=1S/C26H34O4Si/c1-23(2,3)31(20-13-9-7-10-14-20,21-15-11-8-12-16-21)28-19-26-18-17-25(6,27)22(26)29-24(4,5)30-26/h7-18,22,27H,19H2,1-6H3/t22-,25+,26+/m1/s1. The summed E-state index contributed by atoms with van der Waals surface area (Å²) in [6, 6.07) is 21.1. The van der Waals surface area contributed by atoms with Crippen LogP contribution in [0.5, 0.6) is 0 Å². The molecule has 0 aromatic heterocycles. The van der Waals surface area contributed by atoms with Gasteiger partial charge in [0.25, 0.3) is 8.32 Å². The summed E-state index contributed by atoms with van der Waals surface area (Å²) in [4.78, 5) is 0. The molecular formula is C26H34O4Si. The monoisotopic (exact) mass is 438 g/mol. The molecule has 1 fully saturated rings. The fraction of sp³-hybridized carbons (Fsp3) is 0.462. The second-order valence-corrected chi connectivity index (χ2v) is 14.8. The molecule has 0 radical (unpaired) electrons. The predicted molar refractivity (Wildman–Crippen MR) is 126 cm³/mol. The fourth-order valence-electron chi connectivity index (χ4n) is 5.19. The first kappa shape index (κ1) is 22.4. The van der Waals surface area contributed by atoms with Crippen LogP contribution in [-0.4, -0.2) is 43.1 Å². The van der Waals surface area contributed by atoms with Crippen LogP contribution in [-0.2, 0) is 13.9 Å². The minimum Gasteiger partial charge on any atom is -0.404 e. The van der Waals surface area contributed by atoms with E-state index in [-0.39, 0.29) is 5.04 Å². The lowest BCUT2D eigenvalue weighted by Crippen LogP contribution is -2.68. The van der Waals surface area contributed by atoms with Crippen LogP contribution in [0, 0.1) is 0 Å². The second kappa shape index (κ2) is 7.39. The molecule has 0 bridgehead atoms. The Morgan fingerprint density at radius 2 is 1.42 bits per heavy atom. The number of fused-ring (bicyclic) bond motifs is 1. The summed E-state index contributed by atoms with van der Waals surface area (Å²) in [7, 11) is -2.73. The largest absolute Gasteiger partial charge is 0.404 e. The molecule has 1 N–H and O–H groups in total. The van der Waals surface area contributed by atoms with Crippen LogP contribution in [0.4, 0.5) is 0 Å². The zero-order chi connectivity index (χ0) is 22.5. The average molecular weight is 439 g/mol. The Balaban J connectivity index is 1.81. The van der Waals surface area contributed by atoms with Gasteiger partial charge in [0.05, 0.1) is 6.61 Å². The Kier molecular flexibility index (Phi) is 5.35. The first-order valence-electron chi connectivity index (χ1n) is 11.0. The molecule has 166 valence electrons. The molecule has 2 aromatic carbocycles. The van der Waals surface area contributed by atoms with Crippen LogP contribution in [0.2, 0.25) is 5.04 Å². The van der Waals surface area contributed by atoms with Crippen molar-refractivity contribution in [3.05, 3.63) is 72.8 Å². The number of hydrogen-bond acceptors (Lipinski definition) is 4. The van der Waals surface area contributed by atoms with Crippen molar-refractivity contribution in [3.63, 3.8) is 0 Å². The van der Waals surface area contributed by atoms with Crippen molar-refractivity contribution in [1.29, 1.82) is 0 Å². The van der Waals surface area contributed by atoms with E-state index in [1.165, 1.54) is 10.4 Å². The van der Waals surface area contributed by atoms with Crippen molar-refractivity contribution in [2.75, 3.05) is 6.61 Å². The Hall–Kier alpha value is -1.76. The van der Waals surface area contributed by atoms with Gasteiger partial charge in [-0.2, -0.15) is 0 Å². The zero-order valence-corrected chi connectivity index (χ0v) is 20.4. The molecule has 0 amide bonds. The Bertz CT molecular complexity index is 907. The molecule has 0 saturated carbocycles. The smallest absolute Gasteiger partial charge is 0.261 e. The van der Waals surface area contributed by atoms with Gasteiger partial charge in [-0.1, -0.05) is 87.5 Å². The summed E-state index contributed by atoms with van der Waals surface area (Å²) in [5, 5.41) is 13.2. The van der Waals surface area contributed by atoms with Gasteiger partial charge in [-0.15, -0.1) is 0 Å². The molecule has 4 nitrogen and oxygen atoms in total. The Morgan fingerprint density at radius 3 is 1.90 bits per heavy atom. The molecule has 1 aliphatic heterocycles. The van der Waals surface area contributed by atoms with Crippen LogP contribution in [0.1, 0.15) is 41.5 Å². The lowest BCUT2D eigenvalue weighted by Gasteiger charge is -2.45. The number of aliphatic hydroxyl groups is 1. The van der Waals surface area contributed by atoms with Crippen molar-refractivity contribution in [3.8, 4) is 0 Å². The number of ether oxygens (including phenoxy) is 2. The molecule has 2 aliphatic rings. The molecule has 3 atom stereocenters. The quantitative estimate of drug-likeness (QED) is 0.570. The van der Waals surface area contributed by atoms with Crippen LogP contribution < -0.4 is 10.4 Å². The van der Waals surface area contributed by atoms with Gasteiger partial charge in [0, 0.05) is 0 Å². The Morgan fingerprint density at radius 1 is 0.903 bits per heavy atom. The molecule has 1 aliphatic carbocycles. The summed E-state index contributed by atoms with van der Waals surface area (Å²) in [6.07, 6.45) is 3.19. The second-order valence-electron chi connectivity index (χ2n) is 10.5. The van der Waals surface area contributed by atoms with Crippen molar-refractivity contribution < 1.29 is 19.0 Å². The molecule has 1 saturated heterocycles. The third kappa shape index (κ3) is 3.72. The van der Waals surface area contributed by atoms with E-state index in [1.54, 1.807) is 13.0 Å². The maximum Gasteiger partial charge on any atom is 0.261 e. The molecule has 0 spiro atoms. The molecule has 1 heterocycles. The van der Waals surface area contributed by atoms with E-state index < -0.39 is 31.4 Å². The number of rotatable bonds is 5. The normalized spacial score (nSPS) is 29.8. The van der Waals surface area contributed by atoms with E-state index in [0.29, 0.717) is 6.61 Å². The zero-order valence-electron chi connectivity index (χ0n) is 19.4. The van der Waals surface area contributed by atoms with Crippen LogP contribution in [0.25, 0.3) is 0 Å². The third-order valence-corrected chi connectivity index (χ3v) is 11.4. The molecule has 4 rings (SSSR count). The number of benzene rings is 2. The van der Waals surface area contributed by atoms with E-state index in [2.05, 4.69) is 69.3 Å². The summed E-state index contributed by atoms with van der Waals surface area (Å²) < 4.78 is 19.7. The summed E-state index contributed by atoms with van der Waals surface area (Å²) >= 11 is 0. The van der Waals surface area contributed by atoms with Gasteiger partial charge < -0.3 is 19.0 Å². The minimum absolute atomic E-state index is 0.137. The summed E-state index contributed by atoms with van der Waals surface area (Å²) in [6.45, 7) is 12.6. The maximum absolute atomic E-state index is 10.9. The van der Waals surface area contributed by atoms with Gasteiger partial charge in [0.15, 0.2) is 5.79 Å². The highest BCUT2D eigenvalue weighted by atomic mass is 28.4. The highest BCUT2D eigenvalue weighted by molar-refractivity contribution is 6.99. The summed E-state index contributed by atoms with van der Waals surface area (Å²) in [5.41, 5.74) is -1.94. The first-order chi connectivity index (χ1) is 14.4. The molecule has 31 heavy (non-hydrogen) atoms. The van der Waals surface area contributed by atoms with E-state index in [9.17, 15) is 5.11 Å². The van der Waals surface area contributed by atoms with Crippen molar-refractivity contribution in [2.24, 2.45) is 0 Å². The van der Waals surface area contributed by atoms with Crippen LogP contribution in [0.3, 0.4) is 0 Å². The van der Waals surface area contributed by atoms with E-state index in [1.807, 2.05) is 32.1 Å². The summed E-state index contributed by atoms with van der Waals surface area (Å²) in [5.74, 6) is -0.797. The SMILES string of the molecule is CC1(C)O[C@@H]2[C@@](C)(O)C=C[C@@]2(CO[Si](c2ccccc2)(c2ccccc2)C(C)(C)C)O1. The minimum atomic E-state index is -2.73. The molecule has 0 unspecified atom stereocenters. The van der Waals surface area contributed by atoms with Crippen molar-refractivity contribution >= 4 is 18.7 Å². The van der Waals surface area contributed by atoms with Gasteiger partial charge in [-0.05, 0) is 42.3 Å². The molecule has 2 aromatic rings. The lowest BCUT2D eigenvalue weighted by atomic mass is 9.94. The van der Waals surface area contributed by atoms with Gasteiger partial charge >= 0.3 is 0 Å². The van der Waals surface area contributed by atoms with E-state index in [4.69, 9.17) is 13.9 Å².